The van der Waals surface area contributed by atoms with E-state index >= 15 is 0 Å². The Labute approximate surface area is 124 Å². The molecule has 1 heterocycles. The summed E-state index contributed by atoms with van der Waals surface area (Å²) >= 11 is 0. The van der Waals surface area contributed by atoms with Gasteiger partial charge in [-0.2, -0.15) is 0 Å². The van der Waals surface area contributed by atoms with Crippen LogP contribution in [0.1, 0.15) is 21.6 Å². The molecule has 0 fully saturated rings. The lowest BCUT2D eigenvalue weighted by Gasteiger charge is -2.09. The van der Waals surface area contributed by atoms with E-state index in [2.05, 4.69) is 5.32 Å². The van der Waals surface area contributed by atoms with Gasteiger partial charge in [-0.3, -0.25) is 4.79 Å². The Morgan fingerprint density at radius 1 is 1.24 bits per heavy atom. The summed E-state index contributed by atoms with van der Waals surface area (Å²) in [5.74, 6) is -0.109. The fourth-order valence-electron chi connectivity index (χ4n) is 2.04. The molecule has 1 amide bonds. The first-order chi connectivity index (χ1) is 10.2. The van der Waals surface area contributed by atoms with Crippen molar-refractivity contribution in [2.45, 2.75) is 19.7 Å². The number of nitrogens with one attached hydrogen (secondary N) is 1. The molecule has 21 heavy (non-hydrogen) atoms. The number of methoxy groups -OCH3 is 1. The maximum atomic E-state index is 12.2. The summed E-state index contributed by atoms with van der Waals surface area (Å²) in [6.07, 6.45) is 1.87. The zero-order valence-electron chi connectivity index (χ0n) is 12.1. The van der Waals surface area contributed by atoms with Crippen LogP contribution in [0.5, 0.6) is 0 Å². The van der Waals surface area contributed by atoms with Crippen LogP contribution in [-0.2, 0) is 24.4 Å². The molecule has 0 spiro atoms. The van der Waals surface area contributed by atoms with Gasteiger partial charge in [0.05, 0.1) is 13.2 Å². The Morgan fingerprint density at radius 2 is 1.95 bits per heavy atom. The molecule has 5 nitrogen and oxygen atoms in total. The van der Waals surface area contributed by atoms with Gasteiger partial charge in [-0.15, -0.1) is 0 Å². The number of rotatable bonds is 7. The van der Waals surface area contributed by atoms with Crippen LogP contribution >= 0.6 is 0 Å². The average molecular weight is 288 g/mol. The van der Waals surface area contributed by atoms with Gasteiger partial charge in [0.15, 0.2) is 0 Å². The van der Waals surface area contributed by atoms with Crippen molar-refractivity contribution in [3.8, 4) is 0 Å². The summed E-state index contributed by atoms with van der Waals surface area (Å²) in [5, 5.41) is 11.9. The van der Waals surface area contributed by atoms with Crippen LogP contribution < -0.4 is 5.32 Å². The molecule has 5 heteroatoms. The SMILES string of the molecule is COCCn1cccc1C(=O)NCc1ccc(CO)cc1. The molecule has 0 atom stereocenters. The van der Waals surface area contributed by atoms with Gasteiger partial charge in [0.25, 0.3) is 5.91 Å². The molecule has 2 aromatic rings. The number of hydrogen-bond donors (Lipinski definition) is 2. The van der Waals surface area contributed by atoms with Crippen molar-refractivity contribution in [3.05, 3.63) is 59.4 Å². The van der Waals surface area contributed by atoms with Gasteiger partial charge in [0.1, 0.15) is 5.69 Å². The number of carbonyl (C=O) groups is 1. The second-order valence-corrected chi connectivity index (χ2v) is 4.74. The zero-order chi connectivity index (χ0) is 15.1. The number of nitrogens with zero attached hydrogens (tertiary/aromatic N) is 1. The summed E-state index contributed by atoms with van der Waals surface area (Å²) < 4.78 is 6.90. The standard InChI is InChI=1S/C16H20N2O3/c1-21-10-9-18-8-2-3-15(18)16(20)17-11-13-4-6-14(12-19)7-5-13/h2-8,19H,9-12H2,1H3,(H,17,20). The van der Waals surface area contributed by atoms with Crippen molar-refractivity contribution < 1.29 is 14.6 Å². The highest BCUT2D eigenvalue weighted by atomic mass is 16.5. The summed E-state index contributed by atoms with van der Waals surface area (Å²) in [4.78, 5) is 12.2. The highest BCUT2D eigenvalue weighted by Crippen LogP contribution is 2.06. The zero-order valence-corrected chi connectivity index (χ0v) is 12.1. The number of benzene rings is 1. The van der Waals surface area contributed by atoms with Crippen LogP contribution in [0.3, 0.4) is 0 Å². The van der Waals surface area contributed by atoms with Gasteiger partial charge in [-0.25, -0.2) is 0 Å². The van der Waals surface area contributed by atoms with Gasteiger partial charge in [-0.1, -0.05) is 24.3 Å². The van der Waals surface area contributed by atoms with Crippen molar-refractivity contribution in [2.75, 3.05) is 13.7 Å². The summed E-state index contributed by atoms with van der Waals surface area (Å²) in [5.41, 5.74) is 2.48. The molecule has 0 aliphatic carbocycles. The van der Waals surface area contributed by atoms with Gasteiger partial charge < -0.3 is 19.7 Å². The van der Waals surface area contributed by atoms with Crippen molar-refractivity contribution in [1.29, 1.82) is 0 Å². The molecule has 0 bridgehead atoms. The minimum Gasteiger partial charge on any atom is -0.392 e. The van der Waals surface area contributed by atoms with E-state index in [9.17, 15) is 4.79 Å². The van der Waals surface area contributed by atoms with Crippen LogP contribution in [0.2, 0.25) is 0 Å². The van der Waals surface area contributed by atoms with E-state index < -0.39 is 0 Å². The van der Waals surface area contributed by atoms with Gasteiger partial charge in [0, 0.05) is 26.4 Å². The molecular weight excluding hydrogens is 268 g/mol. The summed E-state index contributed by atoms with van der Waals surface area (Å²) in [6, 6.07) is 11.1. The molecule has 0 radical (unpaired) electrons. The predicted molar refractivity (Wildman–Crippen MR) is 79.8 cm³/mol. The molecule has 112 valence electrons. The molecule has 0 saturated heterocycles. The lowest BCUT2D eigenvalue weighted by atomic mass is 10.1. The Hall–Kier alpha value is -2.11. The quantitative estimate of drug-likeness (QED) is 0.812. The topological polar surface area (TPSA) is 63.5 Å². The Morgan fingerprint density at radius 3 is 2.62 bits per heavy atom. The van der Waals surface area contributed by atoms with Gasteiger partial charge in [-0.05, 0) is 23.3 Å². The number of ether oxygens (including phenoxy) is 1. The van der Waals surface area contributed by atoms with E-state index in [1.807, 2.05) is 41.1 Å². The molecule has 2 N–H and O–H groups in total. The summed E-state index contributed by atoms with van der Waals surface area (Å²) in [6.45, 7) is 1.70. The number of aliphatic hydroxyl groups is 1. The average Bonchev–Trinajstić information content (AvgIpc) is 2.99. The molecular formula is C16H20N2O3. The van der Waals surface area contributed by atoms with Crippen molar-refractivity contribution in [2.24, 2.45) is 0 Å². The van der Waals surface area contributed by atoms with E-state index in [-0.39, 0.29) is 12.5 Å². The maximum Gasteiger partial charge on any atom is 0.268 e. The first-order valence-corrected chi connectivity index (χ1v) is 6.85. The van der Waals surface area contributed by atoms with Crippen LogP contribution in [0.25, 0.3) is 0 Å². The minimum absolute atomic E-state index is 0.0274. The minimum atomic E-state index is -0.109. The molecule has 1 aromatic heterocycles. The highest BCUT2D eigenvalue weighted by Gasteiger charge is 2.10. The van der Waals surface area contributed by atoms with Crippen LogP contribution in [0, 0.1) is 0 Å². The third kappa shape index (κ3) is 4.18. The third-order valence-corrected chi connectivity index (χ3v) is 3.26. The smallest absolute Gasteiger partial charge is 0.268 e. The second-order valence-electron chi connectivity index (χ2n) is 4.74. The van der Waals surface area contributed by atoms with E-state index in [0.29, 0.717) is 25.4 Å². The van der Waals surface area contributed by atoms with Crippen molar-refractivity contribution >= 4 is 5.91 Å². The normalized spacial score (nSPS) is 10.6. The lowest BCUT2D eigenvalue weighted by Crippen LogP contribution is -2.25. The van der Waals surface area contributed by atoms with Gasteiger partial charge in [0.2, 0.25) is 0 Å². The van der Waals surface area contributed by atoms with Crippen molar-refractivity contribution in [1.82, 2.24) is 9.88 Å². The number of aliphatic hydroxyl groups excluding tert-OH is 1. The second kappa shape index (κ2) is 7.61. The Bertz CT molecular complexity index is 575. The van der Waals surface area contributed by atoms with E-state index in [1.54, 1.807) is 13.2 Å². The number of carbonyl (C=O) groups excluding carboxylic acids is 1. The van der Waals surface area contributed by atoms with Crippen molar-refractivity contribution in [3.63, 3.8) is 0 Å². The fourth-order valence-corrected chi connectivity index (χ4v) is 2.04. The highest BCUT2D eigenvalue weighted by molar-refractivity contribution is 5.92. The number of amides is 1. The first kappa shape index (κ1) is 15.3. The largest absolute Gasteiger partial charge is 0.392 e. The third-order valence-electron chi connectivity index (χ3n) is 3.26. The molecule has 0 saturated carbocycles. The monoisotopic (exact) mass is 288 g/mol. The molecule has 0 aliphatic rings. The molecule has 1 aromatic carbocycles. The molecule has 0 unspecified atom stereocenters. The lowest BCUT2D eigenvalue weighted by molar-refractivity contribution is 0.0939. The molecule has 0 aliphatic heterocycles. The Balaban J connectivity index is 1.93. The van der Waals surface area contributed by atoms with Crippen LogP contribution in [0.15, 0.2) is 42.6 Å². The van der Waals surface area contributed by atoms with Crippen LogP contribution in [0.4, 0.5) is 0 Å². The molecule has 2 rings (SSSR count). The van der Waals surface area contributed by atoms with E-state index in [1.165, 1.54) is 0 Å². The summed E-state index contributed by atoms with van der Waals surface area (Å²) in [7, 11) is 1.64. The van der Waals surface area contributed by atoms with Gasteiger partial charge >= 0.3 is 0 Å². The number of hydrogen-bond acceptors (Lipinski definition) is 3. The Kier molecular flexibility index (Phi) is 5.54. The van der Waals surface area contributed by atoms with Crippen LogP contribution in [-0.4, -0.2) is 29.3 Å². The number of aromatic nitrogens is 1. The first-order valence-electron chi connectivity index (χ1n) is 6.85. The fraction of sp³-hybridized carbons (Fsp3) is 0.312. The predicted octanol–water partition coefficient (Wildman–Crippen LogP) is 1.56. The van der Waals surface area contributed by atoms with E-state index in [4.69, 9.17) is 9.84 Å². The maximum absolute atomic E-state index is 12.2. The van der Waals surface area contributed by atoms with E-state index in [0.717, 1.165) is 11.1 Å².